The summed E-state index contributed by atoms with van der Waals surface area (Å²) < 4.78 is 0. The molecule has 2 aromatic carbocycles. The molecule has 2 saturated heterocycles. The second-order valence-electron chi connectivity index (χ2n) is 6.92. The smallest absolute Gasteiger partial charge is 0.320 e. The van der Waals surface area contributed by atoms with Gasteiger partial charge in [-0.3, -0.25) is 4.90 Å². The Morgan fingerprint density at radius 3 is 2.21 bits per heavy atom. The van der Waals surface area contributed by atoms with Crippen LogP contribution in [-0.4, -0.2) is 60.0 Å². The van der Waals surface area contributed by atoms with E-state index < -0.39 is 0 Å². The highest BCUT2D eigenvalue weighted by molar-refractivity contribution is 5.83. The number of hydrogen-bond acceptors (Lipinski definition) is 2. The van der Waals surface area contributed by atoms with Crippen molar-refractivity contribution in [2.45, 2.75) is 19.4 Å². The predicted molar refractivity (Wildman–Crippen MR) is 97.0 cm³/mol. The summed E-state index contributed by atoms with van der Waals surface area (Å²) in [5.41, 5.74) is 1.35. The van der Waals surface area contributed by atoms with E-state index in [-0.39, 0.29) is 6.03 Å². The molecular formula is C20H25N3O. The van der Waals surface area contributed by atoms with Gasteiger partial charge in [0.2, 0.25) is 0 Å². The number of rotatable bonds is 2. The summed E-state index contributed by atoms with van der Waals surface area (Å²) in [4.78, 5) is 18.9. The molecule has 4 nitrogen and oxygen atoms in total. The maximum Gasteiger partial charge on any atom is 0.320 e. The van der Waals surface area contributed by atoms with E-state index in [1.165, 1.54) is 16.3 Å². The lowest BCUT2D eigenvalue weighted by Gasteiger charge is -2.36. The highest BCUT2D eigenvalue weighted by Crippen LogP contribution is 2.18. The summed E-state index contributed by atoms with van der Waals surface area (Å²) >= 11 is 0. The Morgan fingerprint density at radius 2 is 1.46 bits per heavy atom. The van der Waals surface area contributed by atoms with E-state index in [1.54, 1.807) is 0 Å². The number of benzene rings is 2. The lowest BCUT2D eigenvalue weighted by atomic mass is 10.1. The zero-order valence-electron chi connectivity index (χ0n) is 14.2. The number of carbonyl (C=O) groups is 1. The van der Waals surface area contributed by atoms with E-state index in [0.29, 0.717) is 0 Å². The second-order valence-corrected chi connectivity index (χ2v) is 6.92. The number of likely N-dealkylation sites (tertiary alicyclic amines) is 1. The second kappa shape index (κ2) is 6.81. The van der Waals surface area contributed by atoms with Crippen molar-refractivity contribution in [1.82, 2.24) is 14.7 Å². The normalized spacial score (nSPS) is 19.2. The van der Waals surface area contributed by atoms with Crippen LogP contribution < -0.4 is 0 Å². The van der Waals surface area contributed by atoms with Gasteiger partial charge < -0.3 is 9.80 Å². The largest absolute Gasteiger partial charge is 0.325 e. The number of carbonyl (C=O) groups excluding carboxylic acids is 1. The molecule has 0 aromatic heterocycles. The van der Waals surface area contributed by atoms with Crippen LogP contribution in [0.4, 0.5) is 4.79 Å². The van der Waals surface area contributed by atoms with Crippen molar-refractivity contribution in [3.8, 4) is 0 Å². The maximum atomic E-state index is 12.4. The Kier molecular flexibility index (Phi) is 4.39. The molecule has 126 valence electrons. The number of nitrogens with zero attached hydrogens (tertiary/aromatic N) is 3. The van der Waals surface area contributed by atoms with Crippen LogP contribution in [0.2, 0.25) is 0 Å². The molecule has 2 aliphatic heterocycles. The summed E-state index contributed by atoms with van der Waals surface area (Å²) in [5, 5.41) is 2.60. The average molecular weight is 323 g/mol. The van der Waals surface area contributed by atoms with Crippen molar-refractivity contribution < 1.29 is 4.79 Å². The molecule has 24 heavy (non-hydrogen) atoms. The summed E-state index contributed by atoms with van der Waals surface area (Å²) in [6.07, 6.45) is 2.32. The molecule has 0 saturated carbocycles. The average Bonchev–Trinajstić information content (AvgIpc) is 3.16. The Morgan fingerprint density at radius 1 is 0.792 bits per heavy atom. The summed E-state index contributed by atoms with van der Waals surface area (Å²) in [6, 6.07) is 15.5. The molecule has 0 unspecified atom stereocenters. The van der Waals surface area contributed by atoms with Gasteiger partial charge in [0.05, 0.1) is 0 Å². The first-order valence-corrected chi connectivity index (χ1v) is 9.03. The fraction of sp³-hybridized carbons (Fsp3) is 0.450. The molecule has 2 aliphatic rings. The van der Waals surface area contributed by atoms with E-state index in [0.717, 1.165) is 58.7 Å². The number of piperazine rings is 1. The van der Waals surface area contributed by atoms with Gasteiger partial charge in [-0.15, -0.1) is 0 Å². The summed E-state index contributed by atoms with van der Waals surface area (Å²) in [7, 11) is 0. The quantitative estimate of drug-likeness (QED) is 0.849. The molecule has 0 bridgehead atoms. The predicted octanol–water partition coefficient (Wildman–Crippen LogP) is 3.17. The topological polar surface area (TPSA) is 26.8 Å². The van der Waals surface area contributed by atoms with Crippen LogP contribution in [-0.2, 0) is 6.54 Å². The Labute approximate surface area is 143 Å². The monoisotopic (exact) mass is 323 g/mol. The van der Waals surface area contributed by atoms with E-state index in [4.69, 9.17) is 0 Å². The highest BCUT2D eigenvalue weighted by Gasteiger charge is 2.26. The van der Waals surface area contributed by atoms with Crippen LogP contribution in [0.1, 0.15) is 18.4 Å². The molecule has 2 fully saturated rings. The molecule has 2 aromatic rings. The van der Waals surface area contributed by atoms with E-state index >= 15 is 0 Å². The van der Waals surface area contributed by atoms with Gasteiger partial charge in [0, 0.05) is 45.8 Å². The first-order chi connectivity index (χ1) is 11.8. The van der Waals surface area contributed by atoms with Gasteiger partial charge in [-0.25, -0.2) is 4.79 Å². The SMILES string of the molecule is O=C(N1CCCC1)N1CCN(Cc2ccc3ccccc3c2)CC1. The molecular weight excluding hydrogens is 298 g/mol. The summed E-state index contributed by atoms with van der Waals surface area (Å²) in [5.74, 6) is 0. The van der Waals surface area contributed by atoms with Crippen molar-refractivity contribution in [2.24, 2.45) is 0 Å². The first kappa shape index (κ1) is 15.5. The Balaban J connectivity index is 1.34. The third-order valence-electron chi connectivity index (χ3n) is 5.24. The van der Waals surface area contributed by atoms with Gasteiger partial charge in [0.1, 0.15) is 0 Å². The zero-order chi connectivity index (χ0) is 16.4. The fourth-order valence-electron chi connectivity index (χ4n) is 3.80. The molecule has 0 aliphatic carbocycles. The fourth-order valence-corrected chi connectivity index (χ4v) is 3.80. The van der Waals surface area contributed by atoms with Gasteiger partial charge in [0.25, 0.3) is 0 Å². The molecule has 2 amide bonds. The summed E-state index contributed by atoms with van der Waals surface area (Å²) in [6.45, 7) is 6.48. The van der Waals surface area contributed by atoms with Crippen LogP contribution in [0.25, 0.3) is 10.8 Å². The number of amides is 2. The number of urea groups is 1. The standard InChI is InChI=1S/C20H25N3O/c24-20(22-9-3-4-10-22)23-13-11-21(12-14-23)16-17-7-8-18-5-1-2-6-19(18)15-17/h1-2,5-8,15H,3-4,9-14,16H2. The van der Waals surface area contributed by atoms with Gasteiger partial charge in [-0.2, -0.15) is 0 Å². The van der Waals surface area contributed by atoms with E-state index in [9.17, 15) is 4.79 Å². The minimum absolute atomic E-state index is 0.248. The molecule has 4 rings (SSSR count). The minimum Gasteiger partial charge on any atom is -0.325 e. The number of fused-ring (bicyclic) bond motifs is 1. The molecule has 0 spiro atoms. The van der Waals surface area contributed by atoms with Crippen molar-refractivity contribution in [1.29, 1.82) is 0 Å². The van der Waals surface area contributed by atoms with Crippen LogP contribution in [0, 0.1) is 0 Å². The van der Waals surface area contributed by atoms with Crippen LogP contribution in [0.3, 0.4) is 0 Å². The highest BCUT2D eigenvalue weighted by atomic mass is 16.2. The third-order valence-corrected chi connectivity index (χ3v) is 5.24. The zero-order valence-corrected chi connectivity index (χ0v) is 14.2. The Hall–Kier alpha value is -2.07. The molecule has 0 atom stereocenters. The minimum atomic E-state index is 0.248. The first-order valence-electron chi connectivity index (χ1n) is 9.03. The van der Waals surface area contributed by atoms with Crippen molar-refractivity contribution in [3.05, 3.63) is 48.0 Å². The van der Waals surface area contributed by atoms with Crippen LogP contribution in [0.15, 0.2) is 42.5 Å². The van der Waals surface area contributed by atoms with Gasteiger partial charge in [0.15, 0.2) is 0 Å². The van der Waals surface area contributed by atoms with Crippen LogP contribution in [0.5, 0.6) is 0 Å². The molecule has 2 heterocycles. The number of hydrogen-bond donors (Lipinski definition) is 0. The lowest BCUT2D eigenvalue weighted by molar-refractivity contribution is 0.115. The molecule has 4 heteroatoms. The van der Waals surface area contributed by atoms with Crippen molar-refractivity contribution in [3.63, 3.8) is 0 Å². The van der Waals surface area contributed by atoms with Crippen molar-refractivity contribution >= 4 is 16.8 Å². The Bertz CT molecular complexity index is 716. The van der Waals surface area contributed by atoms with E-state index in [1.807, 2.05) is 9.80 Å². The third kappa shape index (κ3) is 3.24. The van der Waals surface area contributed by atoms with Gasteiger partial charge in [-0.05, 0) is 35.2 Å². The van der Waals surface area contributed by atoms with Crippen molar-refractivity contribution in [2.75, 3.05) is 39.3 Å². The molecule has 0 N–H and O–H groups in total. The molecule has 0 radical (unpaired) electrons. The van der Waals surface area contributed by atoms with Gasteiger partial charge >= 0.3 is 6.03 Å². The van der Waals surface area contributed by atoms with E-state index in [2.05, 4.69) is 47.4 Å². The van der Waals surface area contributed by atoms with Crippen LogP contribution >= 0.6 is 0 Å². The maximum absolute atomic E-state index is 12.4. The van der Waals surface area contributed by atoms with Gasteiger partial charge in [-0.1, -0.05) is 36.4 Å². The lowest BCUT2D eigenvalue weighted by Crippen LogP contribution is -2.52.